The quantitative estimate of drug-likeness (QED) is 0.720. The van der Waals surface area contributed by atoms with Gasteiger partial charge in [0, 0.05) is 12.2 Å². The van der Waals surface area contributed by atoms with Crippen LogP contribution in [0.3, 0.4) is 0 Å². The average Bonchev–Trinajstić information content (AvgIpc) is 3.15. The molecule has 4 nitrogen and oxygen atoms in total. The van der Waals surface area contributed by atoms with Crippen molar-refractivity contribution in [1.82, 2.24) is 9.97 Å². The predicted octanol–water partition coefficient (Wildman–Crippen LogP) is 4.15. The lowest BCUT2D eigenvalue weighted by Gasteiger charge is -2.29. The Morgan fingerprint density at radius 1 is 1.12 bits per heavy atom. The van der Waals surface area contributed by atoms with Gasteiger partial charge in [0.2, 0.25) is 5.91 Å². The summed E-state index contributed by atoms with van der Waals surface area (Å²) >= 11 is 1.45. The minimum Gasteiger partial charge on any atom is -0.333 e. The second-order valence-corrected chi connectivity index (χ2v) is 7.00. The highest BCUT2D eigenvalue weighted by molar-refractivity contribution is 7.99. The SMILES string of the molecule is O=C(CSc1ncc(-c2ccccc2)[nH]1)N1CCCc2ccccc21. The van der Waals surface area contributed by atoms with Gasteiger partial charge in [0.15, 0.2) is 5.16 Å². The molecule has 0 spiro atoms. The van der Waals surface area contributed by atoms with Crippen LogP contribution in [0, 0.1) is 0 Å². The van der Waals surface area contributed by atoms with Crippen molar-refractivity contribution in [3.63, 3.8) is 0 Å². The second-order valence-electron chi connectivity index (χ2n) is 6.03. The Hall–Kier alpha value is -2.53. The topological polar surface area (TPSA) is 49.0 Å². The lowest BCUT2D eigenvalue weighted by molar-refractivity contribution is -0.116. The smallest absolute Gasteiger partial charge is 0.237 e. The Labute approximate surface area is 151 Å². The van der Waals surface area contributed by atoms with Gasteiger partial charge in [-0.3, -0.25) is 4.79 Å². The zero-order valence-electron chi connectivity index (χ0n) is 13.8. The molecule has 2 aromatic carbocycles. The molecule has 0 bridgehead atoms. The number of hydrogen-bond donors (Lipinski definition) is 1. The number of H-pyrrole nitrogens is 1. The summed E-state index contributed by atoms with van der Waals surface area (Å²) in [6.45, 7) is 0.795. The Morgan fingerprint density at radius 3 is 2.80 bits per heavy atom. The zero-order chi connectivity index (χ0) is 17.1. The van der Waals surface area contributed by atoms with E-state index >= 15 is 0 Å². The first-order valence-corrected chi connectivity index (χ1v) is 9.41. The predicted molar refractivity (Wildman–Crippen MR) is 102 cm³/mol. The molecule has 0 saturated heterocycles. The highest BCUT2D eigenvalue weighted by Crippen LogP contribution is 2.28. The number of aryl methyl sites for hydroxylation is 1. The highest BCUT2D eigenvalue weighted by Gasteiger charge is 2.22. The van der Waals surface area contributed by atoms with Crippen molar-refractivity contribution in [2.75, 3.05) is 17.2 Å². The first-order chi connectivity index (χ1) is 12.3. The Morgan fingerprint density at radius 2 is 1.92 bits per heavy atom. The molecule has 0 unspecified atom stereocenters. The summed E-state index contributed by atoms with van der Waals surface area (Å²) in [5, 5.41) is 0.775. The van der Waals surface area contributed by atoms with E-state index in [0.29, 0.717) is 5.75 Å². The average molecular weight is 349 g/mol. The molecule has 1 aliphatic rings. The van der Waals surface area contributed by atoms with E-state index in [2.05, 4.69) is 16.0 Å². The number of thioether (sulfide) groups is 1. The first kappa shape index (κ1) is 16.0. The molecule has 5 heteroatoms. The molecule has 25 heavy (non-hydrogen) atoms. The van der Waals surface area contributed by atoms with Crippen molar-refractivity contribution in [2.45, 2.75) is 18.0 Å². The van der Waals surface area contributed by atoms with Crippen molar-refractivity contribution in [2.24, 2.45) is 0 Å². The molecule has 4 rings (SSSR count). The summed E-state index contributed by atoms with van der Waals surface area (Å²) in [6.07, 6.45) is 3.89. The van der Waals surface area contributed by atoms with Gasteiger partial charge in [-0.2, -0.15) is 0 Å². The number of carbonyl (C=O) groups excluding carboxylic acids is 1. The number of fused-ring (bicyclic) bond motifs is 1. The van der Waals surface area contributed by atoms with Crippen molar-refractivity contribution in [3.05, 3.63) is 66.4 Å². The standard InChI is InChI=1S/C20H19N3OS/c24-19(23-12-6-10-16-9-4-5-11-18(16)23)14-25-20-21-13-17(22-20)15-7-2-1-3-8-15/h1-5,7-9,11,13H,6,10,12,14H2,(H,21,22). The van der Waals surface area contributed by atoms with Crippen LogP contribution in [-0.2, 0) is 11.2 Å². The van der Waals surface area contributed by atoms with Gasteiger partial charge in [-0.15, -0.1) is 0 Å². The lowest BCUT2D eigenvalue weighted by atomic mass is 10.0. The van der Waals surface area contributed by atoms with E-state index in [1.54, 1.807) is 0 Å². The van der Waals surface area contributed by atoms with E-state index in [-0.39, 0.29) is 5.91 Å². The van der Waals surface area contributed by atoms with Crippen LogP contribution in [0.5, 0.6) is 0 Å². The molecule has 1 amide bonds. The van der Waals surface area contributed by atoms with Gasteiger partial charge in [-0.1, -0.05) is 60.3 Å². The number of aromatic amines is 1. The van der Waals surface area contributed by atoms with Crippen LogP contribution in [0.15, 0.2) is 66.0 Å². The number of benzene rings is 2. The zero-order valence-corrected chi connectivity index (χ0v) is 14.6. The van der Waals surface area contributed by atoms with Gasteiger partial charge >= 0.3 is 0 Å². The number of anilines is 1. The highest BCUT2D eigenvalue weighted by atomic mass is 32.2. The number of hydrogen-bond acceptors (Lipinski definition) is 3. The molecule has 0 aliphatic carbocycles. The van der Waals surface area contributed by atoms with Crippen LogP contribution in [0.25, 0.3) is 11.3 Å². The summed E-state index contributed by atoms with van der Waals surface area (Å²) in [4.78, 5) is 22.3. The molecule has 1 N–H and O–H groups in total. The fraction of sp³-hybridized carbons (Fsp3) is 0.200. The van der Waals surface area contributed by atoms with Crippen molar-refractivity contribution < 1.29 is 4.79 Å². The van der Waals surface area contributed by atoms with Crippen LogP contribution in [0.2, 0.25) is 0 Å². The molecule has 126 valence electrons. The Balaban J connectivity index is 1.42. The van der Waals surface area contributed by atoms with Gasteiger partial charge in [0.1, 0.15) is 0 Å². The third kappa shape index (κ3) is 3.46. The molecule has 3 aromatic rings. The number of amides is 1. The fourth-order valence-corrected chi connectivity index (χ4v) is 3.87. The van der Waals surface area contributed by atoms with Crippen molar-refractivity contribution in [1.29, 1.82) is 0 Å². The summed E-state index contributed by atoms with van der Waals surface area (Å²) < 4.78 is 0. The second kappa shape index (κ2) is 7.15. The van der Waals surface area contributed by atoms with Gasteiger partial charge < -0.3 is 9.88 Å². The summed E-state index contributed by atoms with van der Waals surface area (Å²) in [7, 11) is 0. The maximum atomic E-state index is 12.7. The van der Waals surface area contributed by atoms with Crippen LogP contribution in [0.1, 0.15) is 12.0 Å². The van der Waals surface area contributed by atoms with E-state index in [9.17, 15) is 4.79 Å². The normalized spacial score (nSPS) is 13.5. The third-order valence-corrected chi connectivity index (χ3v) is 5.25. The molecular weight excluding hydrogens is 330 g/mol. The number of nitrogens with zero attached hydrogens (tertiary/aromatic N) is 2. The maximum Gasteiger partial charge on any atom is 0.237 e. The third-order valence-electron chi connectivity index (χ3n) is 4.38. The summed E-state index contributed by atoms with van der Waals surface area (Å²) in [5.74, 6) is 0.519. The molecule has 2 heterocycles. The maximum absolute atomic E-state index is 12.7. The Bertz CT molecular complexity index is 875. The first-order valence-electron chi connectivity index (χ1n) is 8.43. The largest absolute Gasteiger partial charge is 0.333 e. The summed E-state index contributed by atoms with van der Waals surface area (Å²) in [6, 6.07) is 18.3. The van der Waals surface area contributed by atoms with E-state index in [1.807, 2.05) is 59.6 Å². The monoisotopic (exact) mass is 349 g/mol. The molecule has 1 aromatic heterocycles. The number of rotatable bonds is 4. The number of aromatic nitrogens is 2. The van der Waals surface area contributed by atoms with E-state index < -0.39 is 0 Å². The minimum atomic E-state index is 0.134. The minimum absolute atomic E-state index is 0.134. The Kier molecular flexibility index (Phi) is 4.57. The molecule has 0 radical (unpaired) electrons. The number of para-hydroxylation sites is 1. The molecule has 0 fully saturated rings. The van der Waals surface area contributed by atoms with Gasteiger partial charge in [-0.05, 0) is 30.0 Å². The molecule has 1 aliphatic heterocycles. The number of imidazole rings is 1. The van der Waals surface area contributed by atoms with Crippen molar-refractivity contribution >= 4 is 23.4 Å². The lowest BCUT2D eigenvalue weighted by Crippen LogP contribution is -2.36. The van der Waals surface area contributed by atoms with Crippen molar-refractivity contribution in [3.8, 4) is 11.3 Å². The van der Waals surface area contributed by atoms with Gasteiger partial charge in [0.05, 0.1) is 17.6 Å². The summed E-state index contributed by atoms with van der Waals surface area (Å²) in [5.41, 5.74) is 4.39. The van der Waals surface area contributed by atoms with Crippen LogP contribution < -0.4 is 4.90 Å². The number of nitrogens with one attached hydrogen (secondary N) is 1. The van der Waals surface area contributed by atoms with E-state index in [1.165, 1.54) is 17.3 Å². The van der Waals surface area contributed by atoms with Crippen LogP contribution in [0.4, 0.5) is 5.69 Å². The van der Waals surface area contributed by atoms with Gasteiger partial charge in [-0.25, -0.2) is 4.98 Å². The van der Waals surface area contributed by atoms with E-state index in [4.69, 9.17) is 0 Å². The number of carbonyl (C=O) groups is 1. The van der Waals surface area contributed by atoms with Gasteiger partial charge in [0.25, 0.3) is 0 Å². The molecule has 0 atom stereocenters. The van der Waals surface area contributed by atoms with Crippen LogP contribution >= 0.6 is 11.8 Å². The molecule has 0 saturated carbocycles. The fourth-order valence-electron chi connectivity index (χ4n) is 3.14. The van der Waals surface area contributed by atoms with Crippen LogP contribution in [-0.4, -0.2) is 28.2 Å². The molecular formula is C20H19N3OS. The van der Waals surface area contributed by atoms with E-state index in [0.717, 1.165) is 41.5 Å².